The Bertz CT molecular complexity index is 419. The molecule has 0 aromatic carbocycles. The Labute approximate surface area is 99.1 Å². The number of hydrogen-bond acceptors (Lipinski definition) is 3. The van der Waals surface area contributed by atoms with Gasteiger partial charge in [0.15, 0.2) is 0 Å². The van der Waals surface area contributed by atoms with E-state index in [9.17, 15) is 19.5 Å². The fourth-order valence-electron chi connectivity index (χ4n) is 2.63. The standard InChI is InChI=1S/C12H15NO4/c1-7-8(2)10(15)13(9(7)14)12(11(16)17)5-3-4-6-12/h3-6H2,1-2H3,(H,16,17). The predicted octanol–water partition coefficient (Wildman–Crippen LogP) is 1.09. The second kappa shape index (κ2) is 3.68. The van der Waals surface area contributed by atoms with Crippen molar-refractivity contribution in [3.05, 3.63) is 11.1 Å². The molecule has 2 amide bonds. The van der Waals surface area contributed by atoms with Gasteiger partial charge in [0.2, 0.25) is 0 Å². The summed E-state index contributed by atoms with van der Waals surface area (Å²) in [4.78, 5) is 36.4. The molecule has 1 aliphatic heterocycles. The molecule has 5 heteroatoms. The van der Waals surface area contributed by atoms with Crippen LogP contribution < -0.4 is 0 Å². The average molecular weight is 237 g/mol. The van der Waals surface area contributed by atoms with E-state index in [-0.39, 0.29) is 0 Å². The number of carbonyl (C=O) groups excluding carboxylic acids is 2. The van der Waals surface area contributed by atoms with Gasteiger partial charge in [-0.25, -0.2) is 4.79 Å². The molecule has 0 aromatic heterocycles. The normalized spacial score (nSPS) is 23.8. The Kier molecular flexibility index (Phi) is 2.56. The molecule has 1 N–H and O–H groups in total. The van der Waals surface area contributed by atoms with Gasteiger partial charge in [0, 0.05) is 11.1 Å². The van der Waals surface area contributed by atoms with Crippen LogP contribution in [-0.4, -0.2) is 33.3 Å². The molecule has 0 saturated heterocycles. The Morgan fingerprint density at radius 2 is 1.53 bits per heavy atom. The molecular weight excluding hydrogens is 222 g/mol. The molecule has 92 valence electrons. The van der Waals surface area contributed by atoms with E-state index in [4.69, 9.17) is 0 Å². The quantitative estimate of drug-likeness (QED) is 0.729. The van der Waals surface area contributed by atoms with Crippen LogP contribution in [-0.2, 0) is 14.4 Å². The van der Waals surface area contributed by atoms with Gasteiger partial charge in [-0.1, -0.05) is 12.8 Å². The topological polar surface area (TPSA) is 74.7 Å². The van der Waals surface area contributed by atoms with Crippen LogP contribution in [0.25, 0.3) is 0 Å². The smallest absolute Gasteiger partial charge is 0.330 e. The van der Waals surface area contributed by atoms with Crippen LogP contribution in [0.15, 0.2) is 11.1 Å². The second-order valence-electron chi connectivity index (χ2n) is 4.74. The molecule has 0 unspecified atom stereocenters. The number of hydrogen-bond donors (Lipinski definition) is 1. The molecule has 0 aromatic rings. The summed E-state index contributed by atoms with van der Waals surface area (Å²) in [7, 11) is 0. The van der Waals surface area contributed by atoms with Crippen LogP contribution in [0, 0.1) is 0 Å². The maximum absolute atomic E-state index is 12.0. The highest BCUT2D eigenvalue weighted by Gasteiger charge is 2.54. The molecule has 2 aliphatic rings. The number of imide groups is 1. The number of aliphatic carboxylic acids is 1. The van der Waals surface area contributed by atoms with Gasteiger partial charge in [0.05, 0.1) is 0 Å². The number of carbonyl (C=O) groups is 3. The van der Waals surface area contributed by atoms with E-state index >= 15 is 0 Å². The third kappa shape index (κ3) is 1.41. The number of carboxylic acid groups (broad SMARTS) is 1. The maximum Gasteiger partial charge on any atom is 0.330 e. The molecule has 1 saturated carbocycles. The van der Waals surface area contributed by atoms with Gasteiger partial charge in [-0.2, -0.15) is 0 Å². The van der Waals surface area contributed by atoms with E-state index in [1.807, 2.05) is 0 Å². The van der Waals surface area contributed by atoms with E-state index in [0.29, 0.717) is 24.0 Å². The average Bonchev–Trinajstić information content (AvgIpc) is 2.82. The van der Waals surface area contributed by atoms with Crippen molar-refractivity contribution in [1.82, 2.24) is 4.90 Å². The Morgan fingerprint density at radius 3 is 1.88 bits per heavy atom. The third-order valence-corrected chi connectivity index (χ3v) is 3.87. The molecule has 0 atom stereocenters. The first-order valence-corrected chi connectivity index (χ1v) is 5.71. The lowest BCUT2D eigenvalue weighted by Crippen LogP contribution is -2.56. The van der Waals surface area contributed by atoms with Crippen molar-refractivity contribution < 1.29 is 19.5 Å². The fourth-order valence-corrected chi connectivity index (χ4v) is 2.63. The summed E-state index contributed by atoms with van der Waals surface area (Å²) in [6.07, 6.45) is 2.20. The van der Waals surface area contributed by atoms with Crippen molar-refractivity contribution in [1.29, 1.82) is 0 Å². The van der Waals surface area contributed by atoms with Gasteiger partial charge in [0.25, 0.3) is 11.8 Å². The van der Waals surface area contributed by atoms with Gasteiger partial charge >= 0.3 is 5.97 Å². The van der Waals surface area contributed by atoms with Crippen LogP contribution in [0.1, 0.15) is 39.5 Å². The molecule has 1 heterocycles. The van der Waals surface area contributed by atoms with Crippen LogP contribution >= 0.6 is 0 Å². The van der Waals surface area contributed by atoms with Crippen molar-refractivity contribution in [3.63, 3.8) is 0 Å². The molecular formula is C12H15NO4. The lowest BCUT2D eigenvalue weighted by Gasteiger charge is -2.33. The SMILES string of the molecule is CC1=C(C)C(=O)N(C2(C(=O)O)CCCC2)C1=O. The van der Waals surface area contributed by atoms with Gasteiger partial charge in [-0.3, -0.25) is 14.5 Å². The summed E-state index contributed by atoms with van der Waals surface area (Å²) in [6, 6.07) is 0. The van der Waals surface area contributed by atoms with Gasteiger partial charge in [-0.05, 0) is 26.7 Å². The number of amides is 2. The zero-order valence-corrected chi connectivity index (χ0v) is 9.95. The number of carboxylic acids is 1. The van der Waals surface area contributed by atoms with E-state index in [1.54, 1.807) is 13.8 Å². The minimum Gasteiger partial charge on any atom is -0.479 e. The van der Waals surface area contributed by atoms with Crippen LogP contribution in [0.5, 0.6) is 0 Å². The zero-order valence-electron chi connectivity index (χ0n) is 9.95. The largest absolute Gasteiger partial charge is 0.479 e. The monoisotopic (exact) mass is 237 g/mol. The summed E-state index contributed by atoms with van der Waals surface area (Å²) < 4.78 is 0. The highest BCUT2D eigenvalue weighted by molar-refractivity contribution is 6.20. The number of nitrogens with zero attached hydrogens (tertiary/aromatic N) is 1. The molecule has 5 nitrogen and oxygen atoms in total. The lowest BCUT2D eigenvalue weighted by atomic mass is 9.95. The molecule has 0 spiro atoms. The van der Waals surface area contributed by atoms with Gasteiger partial charge in [0.1, 0.15) is 5.54 Å². The highest BCUT2D eigenvalue weighted by atomic mass is 16.4. The molecule has 0 radical (unpaired) electrons. The first-order valence-electron chi connectivity index (χ1n) is 5.71. The van der Waals surface area contributed by atoms with E-state index in [0.717, 1.165) is 17.7 Å². The van der Waals surface area contributed by atoms with Crippen molar-refractivity contribution in [2.75, 3.05) is 0 Å². The minimum atomic E-state index is -1.31. The van der Waals surface area contributed by atoms with E-state index in [2.05, 4.69) is 0 Å². The molecule has 0 bridgehead atoms. The molecule has 17 heavy (non-hydrogen) atoms. The first kappa shape index (κ1) is 11.8. The summed E-state index contributed by atoms with van der Waals surface area (Å²) in [5, 5.41) is 9.37. The van der Waals surface area contributed by atoms with Crippen LogP contribution in [0.2, 0.25) is 0 Å². The van der Waals surface area contributed by atoms with Crippen molar-refractivity contribution >= 4 is 17.8 Å². The summed E-state index contributed by atoms with van der Waals surface area (Å²) in [5.74, 6) is -1.96. The highest BCUT2D eigenvalue weighted by Crippen LogP contribution is 2.39. The van der Waals surface area contributed by atoms with Gasteiger partial charge < -0.3 is 5.11 Å². The Balaban J connectivity index is 2.45. The summed E-state index contributed by atoms with van der Waals surface area (Å²) >= 11 is 0. The zero-order chi connectivity index (χ0) is 12.8. The van der Waals surface area contributed by atoms with E-state index < -0.39 is 23.3 Å². The van der Waals surface area contributed by atoms with Crippen molar-refractivity contribution in [3.8, 4) is 0 Å². The molecule has 1 fully saturated rings. The molecule has 2 rings (SSSR count). The predicted molar refractivity (Wildman–Crippen MR) is 59.1 cm³/mol. The van der Waals surface area contributed by atoms with Crippen LogP contribution in [0.3, 0.4) is 0 Å². The molecule has 1 aliphatic carbocycles. The summed E-state index contributed by atoms with van der Waals surface area (Å²) in [5.41, 5.74) is -0.585. The van der Waals surface area contributed by atoms with Crippen molar-refractivity contribution in [2.45, 2.75) is 45.1 Å². The fraction of sp³-hybridized carbons (Fsp3) is 0.583. The van der Waals surface area contributed by atoms with Gasteiger partial charge in [-0.15, -0.1) is 0 Å². The lowest BCUT2D eigenvalue weighted by molar-refractivity contribution is -0.162. The number of rotatable bonds is 2. The minimum absolute atomic E-state index is 0.361. The van der Waals surface area contributed by atoms with Crippen molar-refractivity contribution in [2.24, 2.45) is 0 Å². The first-order chi connectivity index (χ1) is 7.92. The third-order valence-electron chi connectivity index (χ3n) is 3.87. The Hall–Kier alpha value is -1.65. The second-order valence-corrected chi connectivity index (χ2v) is 4.74. The summed E-state index contributed by atoms with van der Waals surface area (Å²) in [6.45, 7) is 3.14. The van der Waals surface area contributed by atoms with E-state index in [1.165, 1.54) is 0 Å². The Morgan fingerprint density at radius 1 is 1.12 bits per heavy atom. The van der Waals surface area contributed by atoms with Crippen LogP contribution in [0.4, 0.5) is 0 Å². The maximum atomic E-state index is 12.0.